The van der Waals surface area contributed by atoms with Crippen molar-refractivity contribution in [2.45, 2.75) is 38.6 Å². The molecule has 0 amide bonds. The van der Waals surface area contributed by atoms with Crippen molar-refractivity contribution in [1.29, 1.82) is 5.41 Å². The Morgan fingerprint density at radius 3 is 2.29 bits per heavy atom. The number of rotatable bonds is 6. The summed E-state index contributed by atoms with van der Waals surface area (Å²) in [7, 11) is 0. The lowest BCUT2D eigenvalue weighted by atomic mass is 10.1. The fourth-order valence-electron chi connectivity index (χ4n) is 2.43. The van der Waals surface area contributed by atoms with Crippen molar-refractivity contribution in [3.8, 4) is 0 Å². The number of aromatic nitrogens is 2. The van der Waals surface area contributed by atoms with Gasteiger partial charge in [0.15, 0.2) is 5.16 Å². The van der Waals surface area contributed by atoms with E-state index in [0.29, 0.717) is 16.6 Å². The molecular formula is C18H23ClN4S. The van der Waals surface area contributed by atoms with E-state index in [0.717, 1.165) is 40.8 Å². The van der Waals surface area contributed by atoms with Crippen molar-refractivity contribution in [2.75, 3.05) is 13.1 Å². The molecule has 1 N–H and O–H groups in total. The molecule has 2 aromatic rings. The molecule has 0 atom stereocenters. The Hall–Kier alpha value is -1.59. The molecular weight excluding hydrogens is 340 g/mol. The Bertz CT molecular complexity index is 709. The number of hydrogen-bond acceptors (Lipinski definition) is 4. The van der Waals surface area contributed by atoms with Gasteiger partial charge in [-0.15, -0.1) is 0 Å². The Kier molecular flexibility index (Phi) is 6.63. The van der Waals surface area contributed by atoms with Crippen molar-refractivity contribution in [2.24, 2.45) is 0 Å². The van der Waals surface area contributed by atoms with Gasteiger partial charge in [0.05, 0.1) is 0 Å². The van der Waals surface area contributed by atoms with E-state index in [1.165, 1.54) is 0 Å². The summed E-state index contributed by atoms with van der Waals surface area (Å²) >= 11 is 8.00. The molecule has 0 radical (unpaired) electrons. The predicted octanol–water partition coefficient (Wildman–Crippen LogP) is 4.71. The van der Waals surface area contributed by atoms with Crippen LogP contribution in [0, 0.1) is 19.3 Å². The van der Waals surface area contributed by atoms with Gasteiger partial charge in [-0.3, -0.25) is 5.41 Å². The Labute approximate surface area is 153 Å². The molecule has 0 saturated heterocycles. The van der Waals surface area contributed by atoms with Gasteiger partial charge in [0.1, 0.15) is 5.84 Å². The lowest BCUT2D eigenvalue weighted by molar-refractivity contribution is 0.463. The fourth-order valence-corrected chi connectivity index (χ4v) is 3.71. The van der Waals surface area contributed by atoms with E-state index in [9.17, 15) is 0 Å². The first-order valence-electron chi connectivity index (χ1n) is 8.02. The summed E-state index contributed by atoms with van der Waals surface area (Å²) in [5.74, 6) is 1.22. The second kappa shape index (κ2) is 8.49. The summed E-state index contributed by atoms with van der Waals surface area (Å²) in [5.41, 5.74) is 3.82. The average Bonchev–Trinajstić information content (AvgIpc) is 2.53. The van der Waals surface area contributed by atoms with E-state index < -0.39 is 0 Å². The molecule has 128 valence electrons. The second-order valence-corrected chi connectivity index (χ2v) is 6.90. The number of benzene rings is 1. The van der Waals surface area contributed by atoms with E-state index in [1.54, 1.807) is 11.8 Å². The van der Waals surface area contributed by atoms with Gasteiger partial charge in [-0.2, -0.15) is 0 Å². The zero-order chi connectivity index (χ0) is 17.7. The van der Waals surface area contributed by atoms with E-state index >= 15 is 0 Å². The maximum atomic E-state index is 8.28. The second-order valence-electron chi connectivity index (χ2n) is 5.55. The minimum atomic E-state index is 0.513. The SMILES string of the molecule is CCN(CC)C(=N)c1ccc(CSc2nc(C)cc(C)n2)c(Cl)c1. The molecule has 1 heterocycles. The first-order chi connectivity index (χ1) is 11.4. The van der Waals surface area contributed by atoms with Gasteiger partial charge in [0.25, 0.3) is 0 Å². The average molecular weight is 363 g/mol. The summed E-state index contributed by atoms with van der Waals surface area (Å²) in [6, 6.07) is 7.79. The molecule has 0 aliphatic heterocycles. The summed E-state index contributed by atoms with van der Waals surface area (Å²) in [4.78, 5) is 10.9. The third kappa shape index (κ3) is 4.71. The van der Waals surface area contributed by atoms with Crippen molar-refractivity contribution >= 4 is 29.2 Å². The molecule has 0 fully saturated rings. The van der Waals surface area contributed by atoms with Crippen LogP contribution in [0.3, 0.4) is 0 Å². The lowest BCUT2D eigenvalue weighted by Gasteiger charge is -2.22. The van der Waals surface area contributed by atoms with Gasteiger partial charge >= 0.3 is 0 Å². The standard InChI is InChI=1S/C18H23ClN4S/c1-5-23(6-2)17(20)14-7-8-15(16(19)10-14)11-24-18-21-12(3)9-13(4)22-18/h7-10,20H,5-6,11H2,1-4H3. The van der Waals surface area contributed by atoms with E-state index in [4.69, 9.17) is 17.0 Å². The van der Waals surface area contributed by atoms with Gasteiger partial charge in [-0.05, 0) is 45.4 Å². The van der Waals surface area contributed by atoms with Crippen molar-refractivity contribution in [3.63, 3.8) is 0 Å². The van der Waals surface area contributed by atoms with Crippen molar-refractivity contribution < 1.29 is 0 Å². The number of thioether (sulfide) groups is 1. The first kappa shape index (κ1) is 18.7. The highest BCUT2D eigenvalue weighted by atomic mass is 35.5. The van der Waals surface area contributed by atoms with Crippen LogP contribution < -0.4 is 0 Å². The van der Waals surface area contributed by atoms with Crippen LogP contribution in [0.2, 0.25) is 5.02 Å². The molecule has 24 heavy (non-hydrogen) atoms. The third-order valence-corrected chi connectivity index (χ3v) is 4.97. The van der Waals surface area contributed by atoms with Gasteiger partial charge < -0.3 is 4.90 Å². The van der Waals surface area contributed by atoms with Crippen LogP contribution in [-0.4, -0.2) is 33.8 Å². The van der Waals surface area contributed by atoms with Crippen LogP contribution in [0.5, 0.6) is 0 Å². The molecule has 1 aromatic heterocycles. The number of hydrogen-bond donors (Lipinski definition) is 1. The van der Waals surface area contributed by atoms with Crippen molar-refractivity contribution in [3.05, 3.63) is 51.8 Å². The zero-order valence-corrected chi connectivity index (χ0v) is 16.1. The molecule has 0 saturated carbocycles. The van der Waals surface area contributed by atoms with Gasteiger partial charge in [-0.1, -0.05) is 35.5 Å². The molecule has 2 rings (SSSR count). The first-order valence-corrected chi connectivity index (χ1v) is 9.38. The highest BCUT2D eigenvalue weighted by molar-refractivity contribution is 7.98. The number of halogens is 1. The summed E-state index contributed by atoms with van der Waals surface area (Å²) < 4.78 is 0. The summed E-state index contributed by atoms with van der Waals surface area (Å²) in [6.45, 7) is 9.67. The maximum Gasteiger partial charge on any atom is 0.188 e. The van der Waals surface area contributed by atoms with Crippen LogP contribution in [0.1, 0.15) is 36.4 Å². The van der Waals surface area contributed by atoms with Gasteiger partial charge in [-0.25, -0.2) is 9.97 Å². The zero-order valence-electron chi connectivity index (χ0n) is 14.6. The minimum Gasteiger partial charge on any atom is -0.357 e. The van der Waals surface area contributed by atoms with Crippen LogP contribution >= 0.6 is 23.4 Å². The Morgan fingerprint density at radius 2 is 1.75 bits per heavy atom. The number of nitrogens with one attached hydrogen (secondary N) is 1. The Morgan fingerprint density at radius 1 is 1.12 bits per heavy atom. The molecule has 6 heteroatoms. The third-order valence-electron chi connectivity index (χ3n) is 3.72. The fraction of sp³-hybridized carbons (Fsp3) is 0.389. The topological polar surface area (TPSA) is 52.9 Å². The van der Waals surface area contributed by atoms with Crippen molar-refractivity contribution in [1.82, 2.24) is 14.9 Å². The molecule has 0 aliphatic carbocycles. The number of aryl methyl sites for hydroxylation is 2. The lowest BCUT2D eigenvalue weighted by Crippen LogP contribution is -2.30. The van der Waals surface area contributed by atoms with Crippen LogP contribution in [0.25, 0.3) is 0 Å². The number of amidine groups is 1. The molecule has 0 aliphatic rings. The Balaban J connectivity index is 2.11. The molecule has 0 spiro atoms. The summed E-state index contributed by atoms with van der Waals surface area (Å²) in [6.07, 6.45) is 0. The monoisotopic (exact) mass is 362 g/mol. The molecule has 0 bridgehead atoms. The minimum absolute atomic E-state index is 0.513. The van der Waals surface area contributed by atoms with Gasteiger partial charge in [0, 0.05) is 40.8 Å². The van der Waals surface area contributed by atoms with E-state index in [2.05, 4.69) is 23.8 Å². The van der Waals surface area contributed by atoms with Crippen LogP contribution in [-0.2, 0) is 5.75 Å². The maximum absolute atomic E-state index is 8.28. The highest BCUT2D eigenvalue weighted by Crippen LogP contribution is 2.26. The predicted molar refractivity (Wildman–Crippen MR) is 102 cm³/mol. The summed E-state index contributed by atoms with van der Waals surface area (Å²) in [5, 5.41) is 9.73. The largest absolute Gasteiger partial charge is 0.357 e. The van der Waals surface area contributed by atoms with Crippen LogP contribution in [0.15, 0.2) is 29.4 Å². The van der Waals surface area contributed by atoms with E-state index in [-0.39, 0.29) is 0 Å². The molecule has 0 unspecified atom stereocenters. The number of nitrogens with zero attached hydrogens (tertiary/aromatic N) is 3. The molecule has 4 nitrogen and oxygen atoms in total. The molecule has 1 aromatic carbocycles. The highest BCUT2D eigenvalue weighted by Gasteiger charge is 2.11. The van der Waals surface area contributed by atoms with Gasteiger partial charge in [0.2, 0.25) is 0 Å². The van der Waals surface area contributed by atoms with E-state index in [1.807, 2.05) is 43.0 Å². The normalized spacial score (nSPS) is 10.7. The van der Waals surface area contributed by atoms with Crippen LogP contribution in [0.4, 0.5) is 0 Å². The quantitative estimate of drug-likeness (QED) is 0.350. The smallest absolute Gasteiger partial charge is 0.188 e.